The molecule has 3 aromatic carbocycles. The Kier molecular flexibility index (Phi) is 7.79. The molecule has 1 atom stereocenters. The molecule has 0 aromatic heterocycles. The first-order chi connectivity index (χ1) is 15.0. The molecule has 0 saturated heterocycles. The van der Waals surface area contributed by atoms with Gasteiger partial charge in [-0.05, 0) is 56.1 Å². The fourth-order valence-electron chi connectivity index (χ4n) is 3.11. The van der Waals surface area contributed by atoms with Gasteiger partial charge in [0.15, 0.2) is 0 Å². The standard InChI is InChI=1S/C25H27N3O3/c1-28(2)23(19-9-5-3-6-10-19)17-26-24(29)18-27-25(30)20-13-15-22(16-14-20)31-21-11-7-4-8-12-21/h3-16,23H,17-18H2,1-2H3,(H,26,29)(H,27,30). The van der Waals surface area contributed by atoms with Crippen LogP contribution in [0.4, 0.5) is 0 Å². The summed E-state index contributed by atoms with van der Waals surface area (Å²) in [5, 5.41) is 5.55. The third-order valence-electron chi connectivity index (χ3n) is 4.81. The maximum Gasteiger partial charge on any atom is 0.251 e. The number of para-hydroxylation sites is 1. The summed E-state index contributed by atoms with van der Waals surface area (Å²) in [5.41, 5.74) is 1.58. The number of hydrogen-bond donors (Lipinski definition) is 2. The van der Waals surface area contributed by atoms with Crippen LogP contribution < -0.4 is 15.4 Å². The van der Waals surface area contributed by atoms with E-state index in [-0.39, 0.29) is 24.4 Å². The fraction of sp³-hybridized carbons (Fsp3) is 0.200. The Balaban J connectivity index is 1.47. The summed E-state index contributed by atoms with van der Waals surface area (Å²) in [4.78, 5) is 26.6. The predicted molar refractivity (Wildman–Crippen MR) is 121 cm³/mol. The molecule has 2 N–H and O–H groups in total. The molecule has 6 nitrogen and oxygen atoms in total. The van der Waals surface area contributed by atoms with E-state index < -0.39 is 0 Å². The molecule has 0 heterocycles. The van der Waals surface area contributed by atoms with Gasteiger partial charge in [-0.1, -0.05) is 48.5 Å². The van der Waals surface area contributed by atoms with Crippen LogP contribution in [0.3, 0.4) is 0 Å². The van der Waals surface area contributed by atoms with Crippen LogP contribution in [0.5, 0.6) is 11.5 Å². The summed E-state index contributed by atoms with van der Waals surface area (Å²) in [6, 6.07) is 26.2. The molecule has 0 fully saturated rings. The third-order valence-corrected chi connectivity index (χ3v) is 4.81. The first-order valence-electron chi connectivity index (χ1n) is 10.1. The number of benzene rings is 3. The quantitative estimate of drug-likeness (QED) is 0.558. The van der Waals surface area contributed by atoms with Gasteiger partial charge in [0, 0.05) is 12.1 Å². The van der Waals surface area contributed by atoms with Crippen molar-refractivity contribution in [3.63, 3.8) is 0 Å². The molecular formula is C25H27N3O3. The molecule has 0 aliphatic carbocycles. The molecule has 0 aliphatic rings. The van der Waals surface area contributed by atoms with E-state index in [1.807, 2.05) is 79.7 Å². The molecule has 31 heavy (non-hydrogen) atoms. The molecule has 0 radical (unpaired) electrons. The minimum Gasteiger partial charge on any atom is -0.457 e. The van der Waals surface area contributed by atoms with Crippen LogP contribution in [0, 0.1) is 0 Å². The van der Waals surface area contributed by atoms with E-state index in [0.29, 0.717) is 17.9 Å². The Labute approximate surface area is 182 Å². The smallest absolute Gasteiger partial charge is 0.251 e. The normalized spacial score (nSPS) is 11.6. The highest BCUT2D eigenvalue weighted by molar-refractivity contribution is 5.96. The number of hydrogen-bond acceptors (Lipinski definition) is 4. The zero-order valence-corrected chi connectivity index (χ0v) is 17.7. The summed E-state index contributed by atoms with van der Waals surface area (Å²) >= 11 is 0. The van der Waals surface area contributed by atoms with E-state index in [1.165, 1.54) is 0 Å². The Morgan fingerprint density at radius 3 is 2.00 bits per heavy atom. The molecule has 0 saturated carbocycles. The van der Waals surface area contributed by atoms with Crippen LogP contribution in [0.15, 0.2) is 84.9 Å². The van der Waals surface area contributed by atoms with E-state index in [2.05, 4.69) is 10.6 Å². The summed E-state index contributed by atoms with van der Waals surface area (Å²) in [7, 11) is 3.94. The lowest BCUT2D eigenvalue weighted by Gasteiger charge is -2.25. The third kappa shape index (κ3) is 6.69. The van der Waals surface area contributed by atoms with E-state index >= 15 is 0 Å². The molecule has 3 rings (SSSR count). The lowest BCUT2D eigenvalue weighted by molar-refractivity contribution is -0.120. The zero-order chi connectivity index (χ0) is 22.1. The minimum atomic E-state index is -0.311. The molecule has 1 unspecified atom stereocenters. The fourth-order valence-corrected chi connectivity index (χ4v) is 3.11. The topological polar surface area (TPSA) is 70.7 Å². The monoisotopic (exact) mass is 417 g/mol. The number of carbonyl (C=O) groups is 2. The highest BCUT2D eigenvalue weighted by Gasteiger charge is 2.15. The van der Waals surface area contributed by atoms with Gasteiger partial charge in [0.1, 0.15) is 11.5 Å². The van der Waals surface area contributed by atoms with Crippen molar-refractivity contribution in [3.8, 4) is 11.5 Å². The van der Waals surface area contributed by atoms with Crippen molar-refractivity contribution in [1.82, 2.24) is 15.5 Å². The van der Waals surface area contributed by atoms with Crippen LogP contribution in [-0.2, 0) is 4.79 Å². The maximum absolute atomic E-state index is 12.3. The largest absolute Gasteiger partial charge is 0.457 e. The summed E-state index contributed by atoms with van der Waals surface area (Å²) < 4.78 is 5.72. The van der Waals surface area contributed by atoms with Gasteiger partial charge < -0.3 is 20.3 Å². The number of ether oxygens (including phenoxy) is 1. The minimum absolute atomic E-state index is 0.0537. The number of carbonyl (C=O) groups excluding carboxylic acids is 2. The highest BCUT2D eigenvalue weighted by atomic mass is 16.5. The highest BCUT2D eigenvalue weighted by Crippen LogP contribution is 2.21. The number of nitrogens with one attached hydrogen (secondary N) is 2. The van der Waals surface area contributed by atoms with Crippen molar-refractivity contribution in [2.45, 2.75) is 6.04 Å². The first kappa shape index (κ1) is 22.1. The van der Waals surface area contributed by atoms with Crippen LogP contribution in [0.1, 0.15) is 22.0 Å². The number of nitrogens with zero attached hydrogens (tertiary/aromatic N) is 1. The maximum atomic E-state index is 12.3. The lowest BCUT2D eigenvalue weighted by atomic mass is 10.1. The van der Waals surface area contributed by atoms with Gasteiger partial charge in [-0.25, -0.2) is 0 Å². The summed E-state index contributed by atoms with van der Waals surface area (Å²) in [6.07, 6.45) is 0. The second-order valence-corrected chi connectivity index (χ2v) is 7.32. The average molecular weight is 418 g/mol. The van der Waals surface area contributed by atoms with Crippen molar-refractivity contribution >= 4 is 11.8 Å². The van der Waals surface area contributed by atoms with Crippen LogP contribution in [-0.4, -0.2) is 43.9 Å². The molecule has 0 spiro atoms. The number of amides is 2. The second kappa shape index (κ2) is 10.9. The van der Waals surface area contributed by atoms with Crippen molar-refractivity contribution in [1.29, 1.82) is 0 Å². The van der Waals surface area contributed by atoms with Gasteiger partial charge in [-0.15, -0.1) is 0 Å². The predicted octanol–water partition coefficient (Wildman–Crippen LogP) is 3.63. The molecule has 3 aromatic rings. The van der Waals surface area contributed by atoms with E-state index in [0.717, 1.165) is 11.3 Å². The van der Waals surface area contributed by atoms with Gasteiger partial charge >= 0.3 is 0 Å². The van der Waals surface area contributed by atoms with Crippen molar-refractivity contribution in [3.05, 3.63) is 96.1 Å². The molecule has 2 amide bonds. The van der Waals surface area contributed by atoms with E-state index in [4.69, 9.17) is 4.74 Å². The van der Waals surface area contributed by atoms with Gasteiger partial charge in [-0.2, -0.15) is 0 Å². The summed E-state index contributed by atoms with van der Waals surface area (Å²) in [6.45, 7) is 0.368. The SMILES string of the molecule is CN(C)C(CNC(=O)CNC(=O)c1ccc(Oc2ccccc2)cc1)c1ccccc1. The van der Waals surface area contributed by atoms with Crippen molar-refractivity contribution in [2.24, 2.45) is 0 Å². The van der Waals surface area contributed by atoms with Gasteiger partial charge in [0.05, 0.1) is 12.6 Å². The van der Waals surface area contributed by atoms with Crippen molar-refractivity contribution in [2.75, 3.05) is 27.2 Å². The second-order valence-electron chi connectivity index (χ2n) is 7.32. The van der Waals surface area contributed by atoms with Crippen molar-refractivity contribution < 1.29 is 14.3 Å². The number of likely N-dealkylation sites (N-methyl/N-ethyl adjacent to an activating group) is 1. The molecule has 0 aliphatic heterocycles. The Morgan fingerprint density at radius 2 is 1.39 bits per heavy atom. The summed E-state index contributed by atoms with van der Waals surface area (Å²) in [5.74, 6) is 0.813. The molecule has 160 valence electrons. The number of rotatable bonds is 9. The average Bonchev–Trinajstić information content (AvgIpc) is 2.79. The van der Waals surface area contributed by atoms with E-state index in [9.17, 15) is 9.59 Å². The molecule has 6 heteroatoms. The zero-order valence-electron chi connectivity index (χ0n) is 17.7. The molecular weight excluding hydrogens is 390 g/mol. The van der Waals surface area contributed by atoms with Crippen LogP contribution in [0.2, 0.25) is 0 Å². The lowest BCUT2D eigenvalue weighted by Crippen LogP contribution is -2.40. The van der Waals surface area contributed by atoms with Gasteiger partial charge in [-0.3, -0.25) is 9.59 Å². The van der Waals surface area contributed by atoms with Crippen LogP contribution in [0.25, 0.3) is 0 Å². The first-order valence-corrected chi connectivity index (χ1v) is 10.1. The van der Waals surface area contributed by atoms with E-state index in [1.54, 1.807) is 24.3 Å². The van der Waals surface area contributed by atoms with Gasteiger partial charge in [0.25, 0.3) is 5.91 Å². The Bertz CT molecular complexity index is 974. The Hall–Kier alpha value is -3.64. The Morgan fingerprint density at radius 1 is 0.806 bits per heavy atom. The van der Waals surface area contributed by atoms with Crippen LogP contribution >= 0.6 is 0 Å². The van der Waals surface area contributed by atoms with Gasteiger partial charge in [0.2, 0.25) is 5.91 Å². The molecule has 0 bridgehead atoms.